The van der Waals surface area contributed by atoms with Gasteiger partial charge < -0.3 is 10.2 Å². The van der Waals surface area contributed by atoms with Gasteiger partial charge in [0, 0.05) is 11.7 Å². The molecule has 0 bridgehead atoms. The Bertz CT molecular complexity index is 800. The zero-order valence-corrected chi connectivity index (χ0v) is 17.1. The molecule has 2 aromatic rings. The normalized spacial score (nSPS) is 20.0. The third-order valence-electron chi connectivity index (χ3n) is 5.20. The summed E-state index contributed by atoms with van der Waals surface area (Å²) in [7, 11) is 2.18. The number of nitrogens with zero attached hydrogens (tertiary/aromatic N) is 1. The first-order chi connectivity index (χ1) is 12.4. The van der Waals surface area contributed by atoms with Crippen molar-refractivity contribution in [3.63, 3.8) is 0 Å². The summed E-state index contributed by atoms with van der Waals surface area (Å²) in [4.78, 5) is 14.8. The van der Waals surface area contributed by atoms with Gasteiger partial charge in [0.1, 0.15) is 5.82 Å². The minimum atomic E-state index is -0.457. The van der Waals surface area contributed by atoms with Crippen LogP contribution in [0.3, 0.4) is 0 Å². The molecule has 0 radical (unpaired) electrons. The molecule has 2 atom stereocenters. The smallest absolute Gasteiger partial charge is 0.257 e. The molecule has 27 heavy (non-hydrogen) atoms. The van der Waals surface area contributed by atoms with Crippen LogP contribution in [-0.4, -0.2) is 30.4 Å². The Labute approximate surface area is 171 Å². The van der Waals surface area contributed by atoms with Crippen LogP contribution in [0, 0.1) is 11.7 Å². The van der Waals surface area contributed by atoms with Crippen LogP contribution in [0.2, 0.25) is 5.02 Å². The molecular formula is C21H25Cl2FN2O. The summed E-state index contributed by atoms with van der Waals surface area (Å²) in [6.07, 6.45) is 3.40. The van der Waals surface area contributed by atoms with E-state index < -0.39 is 5.82 Å². The third kappa shape index (κ3) is 5.68. The number of halogens is 3. The lowest BCUT2D eigenvalue weighted by molar-refractivity contribution is 0.102. The monoisotopic (exact) mass is 410 g/mol. The average Bonchev–Trinajstić information content (AvgIpc) is 2.58. The maximum Gasteiger partial charge on any atom is 0.257 e. The molecule has 1 saturated heterocycles. The molecule has 1 aliphatic heterocycles. The van der Waals surface area contributed by atoms with E-state index in [4.69, 9.17) is 11.6 Å². The average molecular weight is 411 g/mol. The Morgan fingerprint density at radius 2 is 2.07 bits per heavy atom. The van der Waals surface area contributed by atoms with Crippen molar-refractivity contribution in [2.24, 2.45) is 5.92 Å². The molecule has 0 aromatic heterocycles. The fourth-order valence-electron chi connectivity index (χ4n) is 3.55. The van der Waals surface area contributed by atoms with Crippen LogP contribution >= 0.6 is 24.0 Å². The summed E-state index contributed by atoms with van der Waals surface area (Å²) in [6.45, 7) is 3.40. The van der Waals surface area contributed by atoms with Crippen molar-refractivity contribution < 1.29 is 9.18 Å². The van der Waals surface area contributed by atoms with Crippen LogP contribution in [0.15, 0.2) is 42.5 Å². The number of anilines is 1. The molecular weight excluding hydrogens is 386 g/mol. The van der Waals surface area contributed by atoms with E-state index in [0.29, 0.717) is 12.0 Å². The number of hydrogen-bond acceptors (Lipinski definition) is 2. The predicted molar refractivity (Wildman–Crippen MR) is 112 cm³/mol. The van der Waals surface area contributed by atoms with Crippen molar-refractivity contribution in [1.29, 1.82) is 0 Å². The summed E-state index contributed by atoms with van der Waals surface area (Å²) in [5.74, 6) is -0.125. The Morgan fingerprint density at radius 3 is 2.78 bits per heavy atom. The van der Waals surface area contributed by atoms with Gasteiger partial charge in [-0.15, -0.1) is 12.4 Å². The topological polar surface area (TPSA) is 32.3 Å². The number of nitrogens with one attached hydrogen (secondary N) is 1. The number of amides is 1. The van der Waals surface area contributed by atoms with Gasteiger partial charge >= 0.3 is 0 Å². The largest absolute Gasteiger partial charge is 0.322 e. The molecule has 3 rings (SSSR count). The van der Waals surface area contributed by atoms with Gasteiger partial charge in [-0.2, -0.15) is 0 Å². The molecule has 0 spiro atoms. The van der Waals surface area contributed by atoms with E-state index in [1.165, 1.54) is 30.5 Å². The summed E-state index contributed by atoms with van der Waals surface area (Å²) < 4.78 is 13.1. The molecule has 0 unspecified atom stereocenters. The SMILES string of the molecule is C[C@@H]1C[C@H](Cc2cccc(NC(=O)c3ccc(F)cc3Cl)c2)CCN1C.Cl. The molecule has 0 saturated carbocycles. The van der Waals surface area contributed by atoms with E-state index >= 15 is 0 Å². The number of hydrogen-bond donors (Lipinski definition) is 1. The van der Waals surface area contributed by atoms with Crippen LogP contribution in [0.5, 0.6) is 0 Å². The number of carbonyl (C=O) groups is 1. The molecule has 1 fully saturated rings. The molecule has 1 heterocycles. The highest BCUT2D eigenvalue weighted by atomic mass is 35.5. The van der Waals surface area contributed by atoms with Crippen LogP contribution < -0.4 is 5.32 Å². The lowest BCUT2D eigenvalue weighted by Gasteiger charge is -2.35. The zero-order chi connectivity index (χ0) is 18.7. The second-order valence-corrected chi connectivity index (χ2v) is 7.61. The van der Waals surface area contributed by atoms with E-state index in [1.54, 1.807) is 0 Å². The Balaban J connectivity index is 0.00000261. The maximum absolute atomic E-state index is 13.1. The fraction of sp³-hybridized carbons (Fsp3) is 0.381. The minimum Gasteiger partial charge on any atom is -0.322 e. The summed E-state index contributed by atoms with van der Waals surface area (Å²) in [5.41, 5.74) is 2.21. The van der Waals surface area contributed by atoms with Gasteiger partial charge in [0.2, 0.25) is 0 Å². The van der Waals surface area contributed by atoms with Crippen LogP contribution in [0.4, 0.5) is 10.1 Å². The molecule has 6 heteroatoms. The van der Waals surface area contributed by atoms with Crippen molar-refractivity contribution in [3.8, 4) is 0 Å². The van der Waals surface area contributed by atoms with Crippen molar-refractivity contribution in [1.82, 2.24) is 4.90 Å². The van der Waals surface area contributed by atoms with Crippen molar-refractivity contribution in [3.05, 3.63) is 64.4 Å². The van der Waals surface area contributed by atoms with Crippen molar-refractivity contribution in [2.45, 2.75) is 32.2 Å². The van der Waals surface area contributed by atoms with E-state index in [1.807, 2.05) is 18.2 Å². The highest BCUT2D eigenvalue weighted by molar-refractivity contribution is 6.34. The third-order valence-corrected chi connectivity index (χ3v) is 5.51. The molecule has 146 valence electrons. The Kier molecular flexibility index (Phi) is 7.66. The second kappa shape index (κ2) is 9.54. The van der Waals surface area contributed by atoms with Crippen LogP contribution in [0.25, 0.3) is 0 Å². The molecule has 1 N–H and O–H groups in total. The van der Waals surface area contributed by atoms with Crippen molar-refractivity contribution >= 4 is 35.6 Å². The molecule has 1 amide bonds. The molecule has 2 aromatic carbocycles. The van der Waals surface area contributed by atoms with Gasteiger partial charge in [0.15, 0.2) is 0 Å². The van der Waals surface area contributed by atoms with Gasteiger partial charge in [0.25, 0.3) is 5.91 Å². The standard InChI is InChI=1S/C21H24ClFN2O.ClH/c1-14-10-16(8-9-25(14)2)11-15-4-3-5-18(12-15)24-21(26)19-7-6-17(23)13-20(19)22;/h3-7,12-14,16H,8-11H2,1-2H3,(H,24,26);1H/t14-,16-;/m1./s1. The zero-order valence-electron chi connectivity index (χ0n) is 15.5. The summed E-state index contributed by atoms with van der Waals surface area (Å²) in [5, 5.41) is 2.97. The van der Waals surface area contributed by atoms with Gasteiger partial charge in [-0.3, -0.25) is 4.79 Å². The number of rotatable bonds is 4. The first-order valence-electron chi connectivity index (χ1n) is 8.98. The Hall–Kier alpha value is -1.62. The maximum atomic E-state index is 13.1. The quantitative estimate of drug-likeness (QED) is 0.728. The molecule has 1 aliphatic rings. The molecule has 3 nitrogen and oxygen atoms in total. The first-order valence-corrected chi connectivity index (χ1v) is 9.35. The lowest BCUT2D eigenvalue weighted by Crippen LogP contribution is -2.38. The van der Waals surface area contributed by atoms with Crippen LogP contribution in [-0.2, 0) is 6.42 Å². The highest BCUT2D eigenvalue weighted by Crippen LogP contribution is 2.26. The summed E-state index contributed by atoms with van der Waals surface area (Å²) >= 11 is 5.97. The summed E-state index contributed by atoms with van der Waals surface area (Å²) in [6, 6.07) is 12.3. The van der Waals surface area contributed by atoms with E-state index in [2.05, 4.69) is 30.3 Å². The van der Waals surface area contributed by atoms with E-state index in [-0.39, 0.29) is 28.9 Å². The highest BCUT2D eigenvalue weighted by Gasteiger charge is 2.23. The molecule has 0 aliphatic carbocycles. The predicted octanol–water partition coefficient (Wildman–Crippen LogP) is 5.43. The van der Waals surface area contributed by atoms with Crippen molar-refractivity contribution in [2.75, 3.05) is 18.9 Å². The number of carbonyl (C=O) groups excluding carboxylic acids is 1. The fourth-order valence-corrected chi connectivity index (χ4v) is 3.81. The number of likely N-dealkylation sites (tertiary alicyclic amines) is 1. The number of benzene rings is 2. The number of piperidine rings is 1. The van der Waals surface area contributed by atoms with Gasteiger partial charge in [-0.1, -0.05) is 23.7 Å². The lowest BCUT2D eigenvalue weighted by atomic mass is 9.87. The minimum absolute atomic E-state index is 0. The van der Waals surface area contributed by atoms with Crippen LogP contribution in [0.1, 0.15) is 35.7 Å². The van der Waals surface area contributed by atoms with Gasteiger partial charge in [0.05, 0.1) is 10.6 Å². The Morgan fingerprint density at radius 1 is 1.30 bits per heavy atom. The second-order valence-electron chi connectivity index (χ2n) is 7.20. The van der Waals surface area contributed by atoms with E-state index in [0.717, 1.165) is 24.7 Å². The first kappa shape index (κ1) is 21.7. The van der Waals surface area contributed by atoms with Gasteiger partial charge in [-0.05, 0) is 81.6 Å². The van der Waals surface area contributed by atoms with Gasteiger partial charge in [-0.25, -0.2) is 4.39 Å². The van der Waals surface area contributed by atoms with E-state index in [9.17, 15) is 9.18 Å².